The molecule has 1 aromatic carbocycles. The van der Waals surface area contributed by atoms with Crippen molar-refractivity contribution in [3.8, 4) is 5.75 Å². The topological polar surface area (TPSA) is 92.8 Å². The molecule has 0 aromatic heterocycles. The lowest BCUT2D eigenvalue weighted by Crippen LogP contribution is -2.43. The first kappa shape index (κ1) is 21.1. The van der Waals surface area contributed by atoms with Crippen LogP contribution in [0.5, 0.6) is 5.75 Å². The summed E-state index contributed by atoms with van der Waals surface area (Å²) in [5.41, 5.74) is 0.581. The minimum Gasteiger partial charge on any atom is -0.494 e. The number of imide groups is 1. The molecule has 0 aliphatic carbocycles. The normalized spacial score (nSPS) is 11.4. The van der Waals surface area contributed by atoms with E-state index in [1.807, 2.05) is 13.8 Å². The summed E-state index contributed by atoms with van der Waals surface area (Å²) in [6.07, 6.45) is 0.726. The van der Waals surface area contributed by atoms with Crippen molar-refractivity contribution >= 4 is 21.8 Å². The first-order valence-electron chi connectivity index (χ1n) is 8.34. The molecule has 7 nitrogen and oxygen atoms in total. The second-order valence-corrected chi connectivity index (χ2v) is 7.46. The first-order chi connectivity index (χ1) is 11.8. The molecule has 25 heavy (non-hydrogen) atoms. The van der Waals surface area contributed by atoms with E-state index in [0.29, 0.717) is 24.3 Å². The Balaban J connectivity index is 2.88. The largest absolute Gasteiger partial charge is 0.494 e. The number of rotatable bonds is 10. The van der Waals surface area contributed by atoms with E-state index < -0.39 is 21.8 Å². The van der Waals surface area contributed by atoms with Crippen LogP contribution in [-0.2, 0) is 25.4 Å². The predicted octanol–water partition coefficient (Wildman–Crippen LogP) is 1.68. The lowest BCUT2D eigenvalue weighted by Gasteiger charge is -2.21. The van der Waals surface area contributed by atoms with Gasteiger partial charge in [-0.2, -0.15) is 4.31 Å². The van der Waals surface area contributed by atoms with Gasteiger partial charge in [0.2, 0.25) is 21.8 Å². The van der Waals surface area contributed by atoms with Crippen LogP contribution in [0, 0.1) is 0 Å². The highest BCUT2D eigenvalue weighted by atomic mass is 32.2. The van der Waals surface area contributed by atoms with Gasteiger partial charge < -0.3 is 4.74 Å². The zero-order valence-corrected chi connectivity index (χ0v) is 15.8. The Hall–Kier alpha value is -1.93. The van der Waals surface area contributed by atoms with E-state index in [1.54, 1.807) is 31.2 Å². The van der Waals surface area contributed by atoms with Crippen molar-refractivity contribution in [2.45, 2.75) is 39.4 Å². The Morgan fingerprint density at radius 3 is 2.48 bits per heavy atom. The molecule has 1 aromatic rings. The third-order valence-corrected chi connectivity index (χ3v) is 5.14. The number of carbonyl (C=O) groups excluding carboxylic acids is 2. The summed E-state index contributed by atoms with van der Waals surface area (Å²) in [6.45, 7) is 5.63. The summed E-state index contributed by atoms with van der Waals surface area (Å²) in [6, 6.07) is 6.86. The van der Waals surface area contributed by atoms with E-state index in [-0.39, 0.29) is 25.3 Å². The van der Waals surface area contributed by atoms with Crippen molar-refractivity contribution in [3.05, 3.63) is 29.8 Å². The molecule has 0 unspecified atom stereocenters. The monoisotopic (exact) mass is 370 g/mol. The summed E-state index contributed by atoms with van der Waals surface area (Å²) < 4.78 is 31.8. The summed E-state index contributed by atoms with van der Waals surface area (Å²) in [4.78, 5) is 23.2. The van der Waals surface area contributed by atoms with Crippen LogP contribution in [0.3, 0.4) is 0 Å². The van der Waals surface area contributed by atoms with Crippen LogP contribution in [0.1, 0.15) is 39.2 Å². The smallest absolute Gasteiger partial charge is 0.241 e. The molecule has 0 bridgehead atoms. The second kappa shape index (κ2) is 10.1. The lowest BCUT2D eigenvalue weighted by atomic mass is 10.2. The number of nitrogens with zero attached hydrogens (tertiary/aromatic N) is 1. The maximum Gasteiger partial charge on any atom is 0.241 e. The minimum absolute atomic E-state index is 0.163. The Labute approximate surface area is 149 Å². The molecule has 8 heteroatoms. The zero-order valence-electron chi connectivity index (χ0n) is 14.9. The van der Waals surface area contributed by atoms with Crippen molar-refractivity contribution in [1.82, 2.24) is 9.62 Å². The Morgan fingerprint density at radius 1 is 1.16 bits per heavy atom. The highest BCUT2D eigenvalue weighted by molar-refractivity contribution is 7.88. The second-order valence-electron chi connectivity index (χ2n) is 5.50. The number of hydrogen-bond acceptors (Lipinski definition) is 5. The van der Waals surface area contributed by atoms with Crippen LogP contribution in [0.15, 0.2) is 24.3 Å². The molecule has 0 atom stereocenters. The zero-order chi connectivity index (χ0) is 18.9. The van der Waals surface area contributed by atoms with Crippen molar-refractivity contribution < 1.29 is 22.7 Å². The number of carbonyl (C=O) groups is 2. The summed E-state index contributed by atoms with van der Waals surface area (Å²) >= 11 is 0. The number of benzene rings is 1. The minimum atomic E-state index is -3.70. The van der Waals surface area contributed by atoms with Crippen molar-refractivity contribution in [1.29, 1.82) is 0 Å². The third-order valence-electron chi connectivity index (χ3n) is 3.34. The molecule has 1 rings (SSSR count). The van der Waals surface area contributed by atoms with Crippen LogP contribution in [0.2, 0.25) is 0 Å². The van der Waals surface area contributed by atoms with Crippen molar-refractivity contribution in [3.63, 3.8) is 0 Å². The maximum absolute atomic E-state index is 12.7. The molecule has 0 saturated heterocycles. The van der Waals surface area contributed by atoms with E-state index in [2.05, 4.69) is 5.32 Å². The number of nitrogens with one attached hydrogen (secondary N) is 1. The Bertz CT molecular complexity index is 688. The average Bonchev–Trinajstić information content (AvgIpc) is 2.54. The molecule has 140 valence electrons. The first-order valence-corrected chi connectivity index (χ1v) is 9.95. The van der Waals surface area contributed by atoms with Crippen molar-refractivity contribution in [2.24, 2.45) is 0 Å². The van der Waals surface area contributed by atoms with Gasteiger partial charge in [0.1, 0.15) is 5.75 Å². The predicted molar refractivity (Wildman–Crippen MR) is 95.5 cm³/mol. The number of amides is 2. The van der Waals surface area contributed by atoms with Gasteiger partial charge in [-0.15, -0.1) is 0 Å². The van der Waals surface area contributed by atoms with E-state index in [4.69, 9.17) is 4.74 Å². The van der Waals surface area contributed by atoms with E-state index >= 15 is 0 Å². The summed E-state index contributed by atoms with van der Waals surface area (Å²) in [5.74, 6) is -0.679. The van der Waals surface area contributed by atoms with Gasteiger partial charge in [-0.1, -0.05) is 26.0 Å². The summed E-state index contributed by atoms with van der Waals surface area (Å²) in [7, 11) is -3.70. The van der Waals surface area contributed by atoms with Gasteiger partial charge in [0.05, 0.1) is 18.9 Å². The number of ether oxygens (including phenoxy) is 1. The molecule has 2 amide bonds. The van der Waals surface area contributed by atoms with Gasteiger partial charge in [-0.05, 0) is 31.0 Å². The van der Waals surface area contributed by atoms with Gasteiger partial charge in [0.25, 0.3) is 0 Å². The van der Waals surface area contributed by atoms with Gasteiger partial charge in [-0.3, -0.25) is 14.9 Å². The Kier molecular flexibility index (Phi) is 8.57. The molecular weight excluding hydrogens is 344 g/mol. The van der Waals surface area contributed by atoms with Crippen LogP contribution < -0.4 is 10.1 Å². The summed E-state index contributed by atoms with van der Waals surface area (Å²) in [5, 5.41) is 2.18. The van der Waals surface area contributed by atoms with Crippen LogP contribution in [0.4, 0.5) is 0 Å². The highest BCUT2D eigenvalue weighted by Crippen LogP contribution is 2.17. The highest BCUT2D eigenvalue weighted by Gasteiger charge is 2.25. The lowest BCUT2D eigenvalue weighted by molar-refractivity contribution is -0.130. The maximum atomic E-state index is 12.7. The molecule has 1 N–H and O–H groups in total. The van der Waals surface area contributed by atoms with Gasteiger partial charge >= 0.3 is 0 Å². The van der Waals surface area contributed by atoms with Gasteiger partial charge in [0, 0.05) is 13.0 Å². The molecule has 0 aliphatic rings. The fourth-order valence-electron chi connectivity index (χ4n) is 2.20. The fourth-order valence-corrected chi connectivity index (χ4v) is 3.76. The van der Waals surface area contributed by atoms with Crippen molar-refractivity contribution in [2.75, 3.05) is 19.7 Å². The van der Waals surface area contributed by atoms with E-state index in [9.17, 15) is 18.0 Å². The standard InChI is InChI=1S/C17H26N2O5S/c1-4-10-19(12-17(21)18-16(20)5-2)25(22,23)13-14-8-7-9-15(11-14)24-6-3/h7-9,11H,4-6,10,12-13H2,1-3H3,(H,18,20,21). The SMILES string of the molecule is CCCN(CC(=O)NC(=O)CC)S(=O)(=O)Cc1cccc(OCC)c1. The van der Waals surface area contributed by atoms with Crippen LogP contribution >= 0.6 is 0 Å². The molecule has 0 spiro atoms. The molecule has 0 fully saturated rings. The number of hydrogen-bond donors (Lipinski definition) is 1. The number of sulfonamides is 1. The van der Waals surface area contributed by atoms with Gasteiger partial charge in [0.15, 0.2) is 0 Å². The fraction of sp³-hybridized carbons (Fsp3) is 0.529. The Morgan fingerprint density at radius 2 is 1.88 bits per heavy atom. The average molecular weight is 370 g/mol. The van der Waals surface area contributed by atoms with Crippen LogP contribution in [0.25, 0.3) is 0 Å². The molecule has 0 saturated carbocycles. The molecule has 0 aliphatic heterocycles. The molecular formula is C17H26N2O5S. The van der Waals surface area contributed by atoms with Crippen LogP contribution in [-0.4, -0.2) is 44.2 Å². The van der Waals surface area contributed by atoms with Gasteiger partial charge in [-0.25, -0.2) is 8.42 Å². The molecule has 0 heterocycles. The third kappa shape index (κ3) is 7.23. The van der Waals surface area contributed by atoms with E-state index in [0.717, 1.165) is 4.31 Å². The van der Waals surface area contributed by atoms with E-state index in [1.165, 1.54) is 0 Å². The quantitative estimate of drug-likeness (QED) is 0.676. The molecule has 0 radical (unpaired) electrons.